The topological polar surface area (TPSA) is 93.4 Å². The number of benzene rings is 1. The summed E-state index contributed by atoms with van der Waals surface area (Å²) in [4.78, 5) is 14.5. The molecule has 0 atom stereocenters. The van der Waals surface area contributed by atoms with Crippen LogP contribution in [0.4, 0.5) is 5.69 Å². The second-order valence-electron chi connectivity index (χ2n) is 4.64. The van der Waals surface area contributed by atoms with Crippen LogP contribution in [0.25, 0.3) is 0 Å². The highest BCUT2D eigenvalue weighted by molar-refractivity contribution is 7.88. The minimum Gasteiger partial charge on any atom is -0.258 e. The van der Waals surface area contributed by atoms with E-state index in [9.17, 15) is 18.5 Å². The first-order chi connectivity index (χ1) is 10.4. The fraction of sp³-hybridized carbons (Fsp3) is 0.308. The standard InChI is InChI=1S/C13H15N3O4S2/c1-15(8-6-13-14-7-9-21-13)22(19,20)10-11-4-2-3-5-12(11)16(17)18/h2-5,7,9H,6,8,10H2,1H3. The summed E-state index contributed by atoms with van der Waals surface area (Å²) in [6.07, 6.45) is 2.19. The van der Waals surface area contributed by atoms with E-state index in [-0.39, 0.29) is 17.8 Å². The number of thiazole rings is 1. The lowest BCUT2D eigenvalue weighted by atomic mass is 10.2. The van der Waals surface area contributed by atoms with Gasteiger partial charge in [-0.1, -0.05) is 18.2 Å². The summed E-state index contributed by atoms with van der Waals surface area (Å²) in [6.45, 7) is 0.288. The zero-order valence-electron chi connectivity index (χ0n) is 11.9. The number of para-hydroxylation sites is 1. The highest BCUT2D eigenvalue weighted by atomic mass is 32.2. The monoisotopic (exact) mass is 341 g/mol. The second-order valence-corrected chi connectivity index (χ2v) is 7.69. The number of nitro groups is 1. The van der Waals surface area contributed by atoms with E-state index in [2.05, 4.69) is 4.98 Å². The van der Waals surface area contributed by atoms with Crippen molar-refractivity contribution in [1.29, 1.82) is 0 Å². The van der Waals surface area contributed by atoms with Crippen LogP contribution in [-0.4, -0.2) is 36.2 Å². The minimum atomic E-state index is -3.62. The molecule has 0 aliphatic rings. The van der Waals surface area contributed by atoms with Crippen molar-refractivity contribution in [2.24, 2.45) is 0 Å². The van der Waals surface area contributed by atoms with Crippen LogP contribution in [0.15, 0.2) is 35.8 Å². The number of hydrogen-bond acceptors (Lipinski definition) is 6. The van der Waals surface area contributed by atoms with Gasteiger partial charge in [0.2, 0.25) is 10.0 Å². The van der Waals surface area contributed by atoms with E-state index in [1.807, 2.05) is 5.38 Å². The first-order valence-corrected chi connectivity index (χ1v) is 8.94. The van der Waals surface area contributed by atoms with Gasteiger partial charge < -0.3 is 0 Å². The van der Waals surface area contributed by atoms with Gasteiger partial charge in [-0.2, -0.15) is 0 Å². The van der Waals surface area contributed by atoms with E-state index in [1.165, 1.54) is 40.9 Å². The summed E-state index contributed by atoms with van der Waals surface area (Å²) in [7, 11) is -2.15. The molecule has 22 heavy (non-hydrogen) atoms. The van der Waals surface area contributed by atoms with E-state index < -0.39 is 20.7 Å². The van der Waals surface area contributed by atoms with Crippen LogP contribution in [0.5, 0.6) is 0 Å². The summed E-state index contributed by atoms with van der Waals surface area (Å²) in [6, 6.07) is 5.87. The molecular formula is C13H15N3O4S2. The number of hydrogen-bond donors (Lipinski definition) is 0. The number of likely N-dealkylation sites (N-methyl/N-ethyl adjacent to an activating group) is 1. The first kappa shape index (κ1) is 16.5. The Kier molecular flexibility index (Phi) is 5.22. The van der Waals surface area contributed by atoms with Crippen molar-refractivity contribution < 1.29 is 13.3 Å². The maximum atomic E-state index is 12.3. The molecule has 0 amide bonds. The third-order valence-electron chi connectivity index (χ3n) is 3.13. The van der Waals surface area contributed by atoms with E-state index in [0.29, 0.717) is 6.42 Å². The normalized spacial score (nSPS) is 11.7. The molecule has 0 N–H and O–H groups in total. The average Bonchev–Trinajstić information content (AvgIpc) is 2.97. The van der Waals surface area contributed by atoms with Crippen LogP contribution in [-0.2, 0) is 22.2 Å². The van der Waals surface area contributed by atoms with Crippen molar-refractivity contribution >= 4 is 27.0 Å². The predicted molar refractivity (Wildman–Crippen MR) is 84.2 cm³/mol. The quantitative estimate of drug-likeness (QED) is 0.567. The molecule has 0 radical (unpaired) electrons. The van der Waals surface area contributed by atoms with Crippen LogP contribution in [0.1, 0.15) is 10.6 Å². The Morgan fingerprint density at radius 3 is 2.73 bits per heavy atom. The van der Waals surface area contributed by atoms with Gasteiger partial charge in [0, 0.05) is 43.2 Å². The Morgan fingerprint density at radius 1 is 1.36 bits per heavy atom. The molecule has 0 aliphatic heterocycles. The van der Waals surface area contributed by atoms with Gasteiger partial charge in [0.1, 0.15) is 0 Å². The Labute approximate surface area is 132 Å². The molecule has 9 heteroatoms. The third-order valence-corrected chi connectivity index (χ3v) is 5.77. The van der Waals surface area contributed by atoms with Gasteiger partial charge in [-0.25, -0.2) is 17.7 Å². The van der Waals surface area contributed by atoms with Crippen molar-refractivity contribution in [1.82, 2.24) is 9.29 Å². The van der Waals surface area contributed by atoms with Crippen LogP contribution in [0.3, 0.4) is 0 Å². The molecule has 1 heterocycles. The minimum absolute atomic E-state index is 0.181. The predicted octanol–water partition coefficient (Wildman–Crippen LogP) is 2.06. The maximum Gasteiger partial charge on any atom is 0.273 e. The van der Waals surface area contributed by atoms with Crippen molar-refractivity contribution in [3.05, 3.63) is 56.5 Å². The summed E-state index contributed by atoms with van der Waals surface area (Å²) in [5.74, 6) is -0.390. The van der Waals surface area contributed by atoms with Crippen LogP contribution < -0.4 is 0 Å². The smallest absolute Gasteiger partial charge is 0.258 e. The van der Waals surface area contributed by atoms with E-state index in [0.717, 1.165) is 5.01 Å². The number of sulfonamides is 1. The Hall–Kier alpha value is -1.84. The lowest BCUT2D eigenvalue weighted by Crippen LogP contribution is -2.30. The largest absolute Gasteiger partial charge is 0.273 e. The molecule has 118 valence electrons. The summed E-state index contributed by atoms with van der Waals surface area (Å²) < 4.78 is 25.9. The molecule has 0 spiro atoms. The zero-order chi connectivity index (χ0) is 16.2. The van der Waals surface area contributed by atoms with Crippen molar-refractivity contribution in [3.8, 4) is 0 Å². The molecule has 0 unspecified atom stereocenters. The fourth-order valence-electron chi connectivity index (χ4n) is 1.89. The van der Waals surface area contributed by atoms with Gasteiger partial charge in [0.25, 0.3) is 5.69 Å². The van der Waals surface area contributed by atoms with Gasteiger partial charge in [0.05, 0.1) is 15.7 Å². The molecule has 0 aliphatic carbocycles. The van der Waals surface area contributed by atoms with E-state index in [1.54, 1.807) is 12.3 Å². The van der Waals surface area contributed by atoms with Gasteiger partial charge in [-0.15, -0.1) is 11.3 Å². The zero-order valence-corrected chi connectivity index (χ0v) is 13.5. The van der Waals surface area contributed by atoms with Gasteiger partial charge >= 0.3 is 0 Å². The Morgan fingerprint density at radius 2 is 2.09 bits per heavy atom. The first-order valence-electron chi connectivity index (χ1n) is 6.45. The van der Waals surface area contributed by atoms with E-state index >= 15 is 0 Å². The Balaban J connectivity index is 2.08. The lowest BCUT2D eigenvalue weighted by Gasteiger charge is -2.16. The van der Waals surface area contributed by atoms with E-state index in [4.69, 9.17) is 0 Å². The molecule has 7 nitrogen and oxygen atoms in total. The maximum absolute atomic E-state index is 12.3. The Bertz CT molecular complexity index is 744. The van der Waals surface area contributed by atoms with Gasteiger partial charge in [-0.3, -0.25) is 10.1 Å². The lowest BCUT2D eigenvalue weighted by molar-refractivity contribution is -0.385. The molecule has 0 saturated carbocycles. The third kappa shape index (κ3) is 4.09. The van der Waals surface area contributed by atoms with Crippen molar-refractivity contribution in [2.45, 2.75) is 12.2 Å². The molecule has 1 aromatic carbocycles. The molecular weight excluding hydrogens is 326 g/mol. The number of aromatic nitrogens is 1. The molecule has 2 rings (SSSR count). The number of rotatable bonds is 7. The summed E-state index contributed by atoms with van der Waals surface area (Å²) in [5, 5.41) is 13.6. The molecule has 1 aromatic heterocycles. The molecule has 0 fully saturated rings. The van der Waals surface area contributed by atoms with Crippen LogP contribution >= 0.6 is 11.3 Å². The molecule has 0 bridgehead atoms. The van der Waals surface area contributed by atoms with Gasteiger partial charge in [-0.05, 0) is 0 Å². The highest BCUT2D eigenvalue weighted by Gasteiger charge is 2.23. The summed E-state index contributed by atoms with van der Waals surface area (Å²) >= 11 is 1.46. The average molecular weight is 341 g/mol. The molecule has 0 saturated heterocycles. The SMILES string of the molecule is CN(CCc1nccs1)S(=O)(=O)Cc1ccccc1[N+](=O)[O-]. The van der Waals surface area contributed by atoms with Crippen molar-refractivity contribution in [2.75, 3.05) is 13.6 Å². The number of nitrogens with zero attached hydrogens (tertiary/aromatic N) is 3. The fourth-order valence-corrected chi connectivity index (χ4v) is 3.72. The second kappa shape index (κ2) is 6.95. The summed E-state index contributed by atoms with van der Waals surface area (Å²) in [5.41, 5.74) is 0.00740. The van der Waals surface area contributed by atoms with Crippen molar-refractivity contribution in [3.63, 3.8) is 0 Å². The van der Waals surface area contributed by atoms with Crippen LogP contribution in [0.2, 0.25) is 0 Å². The number of nitro benzene ring substituents is 1. The molecule has 2 aromatic rings. The highest BCUT2D eigenvalue weighted by Crippen LogP contribution is 2.21. The van der Waals surface area contributed by atoms with Gasteiger partial charge in [0.15, 0.2) is 0 Å². The van der Waals surface area contributed by atoms with Crippen LogP contribution in [0, 0.1) is 10.1 Å².